The zero-order valence-electron chi connectivity index (χ0n) is 22.5. The van der Waals surface area contributed by atoms with Crippen molar-refractivity contribution in [3.8, 4) is 11.5 Å². The third-order valence-electron chi connectivity index (χ3n) is 5.54. The fourth-order valence-corrected chi connectivity index (χ4v) is 3.13. The van der Waals surface area contributed by atoms with Crippen LogP contribution in [0.5, 0.6) is 11.5 Å². The van der Waals surface area contributed by atoms with Crippen molar-refractivity contribution in [2.75, 3.05) is 0 Å². The van der Waals surface area contributed by atoms with Gasteiger partial charge in [0.15, 0.2) is 11.5 Å². The summed E-state index contributed by atoms with van der Waals surface area (Å²) in [6, 6.07) is 4.16. The minimum absolute atomic E-state index is 0.0164. The second-order valence-corrected chi connectivity index (χ2v) is 9.63. The van der Waals surface area contributed by atoms with Gasteiger partial charge < -0.3 is 19.3 Å². The monoisotopic (exact) mass is 507 g/mol. The lowest BCUT2D eigenvalue weighted by molar-refractivity contribution is -0.184. The Hall–Kier alpha value is -2.94. The first-order valence-corrected chi connectivity index (χ1v) is 12.6. The van der Waals surface area contributed by atoms with Gasteiger partial charge in [-0.25, -0.2) is 4.79 Å². The van der Waals surface area contributed by atoms with Crippen LogP contribution < -0.4 is 14.8 Å². The molecule has 0 heterocycles. The Morgan fingerprint density at radius 1 is 0.917 bits per heavy atom. The molecule has 2 N–H and O–H groups in total. The van der Waals surface area contributed by atoms with E-state index in [0.29, 0.717) is 18.4 Å². The van der Waals surface area contributed by atoms with Crippen molar-refractivity contribution in [3.63, 3.8) is 0 Å². The van der Waals surface area contributed by atoms with Crippen molar-refractivity contribution >= 4 is 23.9 Å². The fourth-order valence-electron chi connectivity index (χ4n) is 3.13. The van der Waals surface area contributed by atoms with E-state index >= 15 is 0 Å². The van der Waals surface area contributed by atoms with Crippen LogP contribution in [-0.2, 0) is 30.3 Å². The summed E-state index contributed by atoms with van der Waals surface area (Å²) in [5.74, 6) is -3.85. The lowest BCUT2D eigenvalue weighted by atomic mass is 10.00. The number of nitrogens with one attached hydrogen (secondary N) is 1. The zero-order valence-corrected chi connectivity index (χ0v) is 22.5. The van der Waals surface area contributed by atoms with Crippen LogP contribution in [0.25, 0.3) is 0 Å². The van der Waals surface area contributed by atoms with Crippen molar-refractivity contribution < 1.29 is 38.5 Å². The van der Waals surface area contributed by atoms with E-state index < -0.39 is 41.4 Å². The van der Waals surface area contributed by atoms with Crippen LogP contribution in [-0.4, -0.2) is 40.8 Å². The maximum absolute atomic E-state index is 12.6. The summed E-state index contributed by atoms with van der Waals surface area (Å²) < 4.78 is 16.4. The lowest BCUT2D eigenvalue weighted by Gasteiger charge is -2.33. The number of ether oxygens (including phenoxy) is 3. The summed E-state index contributed by atoms with van der Waals surface area (Å²) in [7, 11) is 0. The summed E-state index contributed by atoms with van der Waals surface area (Å²) in [5, 5.41) is 13.1. The van der Waals surface area contributed by atoms with Crippen LogP contribution in [0.4, 0.5) is 0 Å². The summed E-state index contributed by atoms with van der Waals surface area (Å²) >= 11 is 0. The molecule has 1 rings (SSSR count). The number of unbranched alkanes of at least 4 members (excludes halogenated alkanes) is 2. The Bertz CT molecular complexity index is 911. The maximum Gasteiger partial charge on any atom is 0.364 e. The quantitative estimate of drug-likeness (QED) is 0.151. The van der Waals surface area contributed by atoms with Crippen LogP contribution >= 0.6 is 0 Å². The van der Waals surface area contributed by atoms with E-state index in [-0.39, 0.29) is 30.4 Å². The van der Waals surface area contributed by atoms with Crippen LogP contribution in [0.1, 0.15) is 86.1 Å². The summed E-state index contributed by atoms with van der Waals surface area (Å²) in [6.07, 6.45) is 2.80. The Labute approximate surface area is 213 Å². The molecule has 1 aromatic carbocycles. The molecule has 0 aliphatic rings. The van der Waals surface area contributed by atoms with Gasteiger partial charge in [-0.2, -0.15) is 0 Å². The maximum atomic E-state index is 12.6. The van der Waals surface area contributed by atoms with E-state index in [1.807, 2.05) is 13.8 Å². The molecule has 0 aliphatic carbocycles. The highest BCUT2D eigenvalue weighted by Gasteiger charge is 2.44. The molecule has 0 saturated heterocycles. The minimum Gasteiger partial charge on any atom is -0.477 e. The van der Waals surface area contributed by atoms with Crippen LogP contribution in [0.15, 0.2) is 18.2 Å². The Morgan fingerprint density at radius 2 is 1.50 bits per heavy atom. The molecule has 9 heteroatoms. The number of rotatable bonds is 15. The number of benzene rings is 1. The molecule has 0 amide bonds. The number of carbonyl (C=O) groups is 4. The number of carbonyl (C=O) groups excluding carboxylic acids is 3. The summed E-state index contributed by atoms with van der Waals surface area (Å²) in [6.45, 7) is 12.4. The summed E-state index contributed by atoms with van der Waals surface area (Å²) in [5.41, 5.74) is -1.63. The number of hydrogen-bond acceptors (Lipinski definition) is 8. The Morgan fingerprint density at radius 3 is 2.00 bits per heavy atom. The molecule has 0 fully saturated rings. The van der Waals surface area contributed by atoms with Gasteiger partial charge in [-0.05, 0) is 37.5 Å². The number of aliphatic carboxylic acids is 1. The van der Waals surface area contributed by atoms with E-state index in [4.69, 9.17) is 14.2 Å². The van der Waals surface area contributed by atoms with Crippen molar-refractivity contribution in [2.24, 2.45) is 11.8 Å². The van der Waals surface area contributed by atoms with E-state index in [2.05, 4.69) is 5.32 Å². The molecule has 0 saturated carbocycles. The molecule has 0 spiro atoms. The predicted octanol–water partition coefficient (Wildman–Crippen LogP) is 4.64. The van der Waals surface area contributed by atoms with Gasteiger partial charge in [0.25, 0.3) is 5.72 Å². The molecule has 36 heavy (non-hydrogen) atoms. The van der Waals surface area contributed by atoms with Gasteiger partial charge in [0.1, 0.15) is 0 Å². The van der Waals surface area contributed by atoms with Gasteiger partial charge >= 0.3 is 23.9 Å². The number of esters is 3. The highest BCUT2D eigenvalue weighted by Crippen LogP contribution is 2.32. The van der Waals surface area contributed by atoms with E-state index in [1.54, 1.807) is 40.7 Å². The zero-order chi connectivity index (χ0) is 27.5. The second-order valence-electron chi connectivity index (χ2n) is 9.63. The average molecular weight is 508 g/mol. The van der Waals surface area contributed by atoms with Gasteiger partial charge in [-0.1, -0.05) is 60.5 Å². The van der Waals surface area contributed by atoms with Gasteiger partial charge in [0.2, 0.25) is 0 Å². The number of carboxylic acid groups (broad SMARTS) is 1. The predicted molar refractivity (Wildman–Crippen MR) is 135 cm³/mol. The molecule has 9 nitrogen and oxygen atoms in total. The lowest BCUT2D eigenvalue weighted by Crippen LogP contribution is -2.59. The molecular formula is C27H41NO8. The Kier molecular flexibility index (Phi) is 12.6. The largest absolute Gasteiger partial charge is 0.477 e. The SMILES string of the molecule is CCCCCC(=O)O[C@](Cc1ccc(OC(=O)C(C)C)c(OC(=O)C(C)C)c1)(NC(C)CC)C(=O)O. The van der Waals surface area contributed by atoms with E-state index in [0.717, 1.165) is 12.8 Å². The molecule has 1 unspecified atom stereocenters. The first-order chi connectivity index (χ1) is 16.8. The fraction of sp³-hybridized carbons (Fsp3) is 0.630. The van der Waals surface area contributed by atoms with E-state index in [1.165, 1.54) is 12.1 Å². The molecule has 2 atom stereocenters. The first-order valence-electron chi connectivity index (χ1n) is 12.6. The van der Waals surface area contributed by atoms with Gasteiger partial charge in [-0.3, -0.25) is 19.7 Å². The molecule has 0 aromatic heterocycles. The molecule has 202 valence electrons. The van der Waals surface area contributed by atoms with Gasteiger partial charge in [0, 0.05) is 18.9 Å². The van der Waals surface area contributed by atoms with Crippen molar-refractivity contribution in [2.45, 2.75) is 98.8 Å². The average Bonchev–Trinajstić information content (AvgIpc) is 2.80. The third kappa shape index (κ3) is 9.60. The number of carboxylic acids is 1. The minimum atomic E-state index is -2.03. The Balaban J connectivity index is 3.42. The van der Waals surface area contributed by atoms with Crippen molar-refractivity contribution in [1.29, 1.82) is 0 Å². The molecule has 0 radical (unpaired) electrons. The second kappa shape index (κ2) is 14.6. The molecule has 1 aromatic rings. The highest BCUT2D eigenvalue weighted by molar-refractivity contribution is 5.82. The summed E-state index contributed by atoms with van der Waals surface area (Å²) in [4.78, 5) is 49.5. The highest BCUT2D eigenvalue weighted by atomic mass is 16.6. The van der Waals surface area contributed by atoms with Crippen LogP contribution in [0.3, 0.4) is 0 Å². The van der Waals surface area contributed by atoms with Gasteiger partial charge in [-0.15, -0.1) is 0 Å². The van der Waals surface area contributed by atoms with Crippen LogP contribution in [0, 0.1) is 11.8 Å². The van der Waals surface area contributed by atoms with Gasteiger partial charge in [0.05, 0.1) is 11.8 Å². The standard InChI is InChI=1S/C27H41NO8/c1-8-10-11-12-23(29)36-27(26(32)33,28-19(7)9-2)16-20-13-14-21(34-24(30)17(3)4)22(15-20)35-25(31)18(5)6/h13-15,17-19,28H,8-12,16H2,1-7H3,(H,32,33)/t19?,27-/m0/s1. The smallest absolute Gasteiger partial charge is 0.364 e. The molecule has 0 bridgehead atoms. The van der Waals surface area contributed by atoms with Crippen molar-refractivity contribution in [3.05, 3.63) is 23.8 Å². The first kappa shape index (κ1) is 31.1. The molecular weight excluding hydrogens is 466 g/mol. The normalized spacial score (nSPS) is 13.7. The molecule has 0 aliphatic heterocycles. The van der Waals surface area contributed by atoms with Crippen LogP contribution in [0.2, 0.25) is 0 Å². The number of hydrogen-bond donors (Lipinski definition) is 2. The topological polar surface area (TPSA) is 128 Å². The third-order valence-corrected chi connectivity index (χ3v) is 5.54. The van der Waals surface area contributed by atoms with Crippen molar-refractivity contribution in [1.82, 2.24) is 5.32 Å². The van der Waals surface area contributed by atoms with E-state index in [9.17, 15) is 24.3 Å².